The van der Waals surface area contributed by atoms with Gasteiger partial charge in [0.2, 0.25) is 0 Å². The van der Waals surface area contributed by atoms with Crippen LogP contribution >= 0.6 is 0 Å². The Morgan fingerprint density at radius 2 is 1.67 bits per heavy atom. The van der Waals surface area contributed by atoms with Crippen molar-refractivity contribution >= 4 is 23.9 Å². The van der Waals surface area contributed by atoms with Gasteiger partial charge in [-0.1, -0.05) is 17.9 Å². The molecule has 0 unspecified atom stereocenters. The standard InChI is InChI=1S/C29H16F6O4/c30-28(31,32)22-12-19(13-23(15-22)29(33,34)35)11-21-7-6-20-14-24(8-9-25(20)27(21)38)39-16-18-3-1-17(2-4-18)5-10-26(36)37/h1,3,5,10-15H,6-7,16H2,(H,36,37)/b10-5+,21-11+. The number of halogens is 6. The summed E-state index contributed by atoms with van der Waals surface area (Å²) in [6.07, 6.45) is -4.68. The molecular weight excluding hydrogens is 526 g/mol. The van der Waals surface area contributed by atoms with Gasteiger partial charge < -0.3 is 9.84 Å². The average molecular weight is 542 g/mol. The maximum atomic E-state index is 13.2. The number of hydrogen-bond acceptors (Lipinski definition) is 3. The number of hydrogen-bond donors (Lipinski definition) is 1. The third kappa shape index (κ3) is 6.79. The number of aliphatic carboxylic acids is 1. The quantitative estimate of drug-likeness (QED) is 0.245. The van der Waals surface area contributed by atoms with Crippen LogP contribution in [0.4, 0.5) is 26.3 Å². The highest BCUT2D eigenvalue weighted by Gasteiger charge is 2.37. The minimum atomic E-state index is -4.99. The van der Waals surface area contributed by atoms with E-state index in [-0.39, 0.29) is 48.0 Å². The van der Waals surface area contributed by atoms with Crippen molar-refractivity contribution in [1.82, 2.24) is 0 Å². The first kappa shape index (κ1) is 27.3. The van der Waals surface area contributed by atoms with E-state index in [2.05, 4.69) is 23.6 Å². The van der Waals surface area contributed by atoms with Crippen molar-refractivity contribution < 1.29 is 45.8 Å². The van der Waals surface area contributed by atoms with Crippen LogP contribution in [-0.4, -0.2) is 16.9 Å². The smallest absolute Gasteiger partial charge is 0.416 e. The van der Waals surface area contributed by atoms with Gasteiger partial charge in [0, 0.05) is 22.8 Å². The molecule has 1 fully saturated rings. The Morgan fingerprint density at radius 3 is 2.26 bits per heavy atom. The summed E-state index contributed by atoms with van der Waals surface area (Å²) in [5.41, 5.74) is 3.89. The summed E-state index contributed by atoms with van der Waals surface area (Å²) in [6, 6.07) is 10.1. The van der Waals surface area contributed by atoms with Gasteiger partial charge in [0.15, 0.2) is 11.5 Å². The summed E-state index contributed by atoms with van der Waals surface area (Å²) in [5, 5.41) is 8.66. The molecule has 198 valence electrons. The van der Waals surface area contributed by atoms with Crippen LogP contribution in [-0.2, 0) is 33.3 Å². The Bertz CT molecular complexity index is 1490. The maximum Gasteiger partial charge on any atom is 0.416 e. The Balaban J connectivity index is 1.54. The number of Topliss-reactive ketones (excluding diaryl/α,β-unsaturated/α-hetero) is 1. The summed E-state index contributed by atoms with van der Waals surface area (Å²) in [7, 11) is 0. The lowest BCUT2D eigenvalue weighted by molar-refractivity contribution is -0.143. The van der Waals surface area contributed by atoms with Crippen molar-refractivity contribution in [2.24, 2.45) is 0 Å². The Hall–Kier alpha value is -4.70. The highest BCUT2D eigenvalue weighted by atomic mass is 19.4. The van der Waals surface area contributed by atoms with Gasteiger partial charge in [-0.2, -0.15) is 26.3 Å². The topological polar surface area (TPSA) is 63.6 Å². The van der Waals surface area contributed by atoms with Crippen molar-refractivity contribution in [2.75, 3.05) is 0 Å². The molecule has 0 bridgehead atoms. The van der Waals surface area contributed by atoms with Crippen LogP contribution in [0.25, 0.3) is 12.2 Å². The lowest BCUT2D eigenvalue weighted by Crippen LogP contribution is -2.16. The number of alkyl halides is 6. The second-order valence-electron chi connectivity index (χ2n) is 8.52. The molecule has 2 aromatic rings. The molecule has 4 nitrogen and oxygen atoms in total. The van der Waals surface area contributed by atoms with Crippen LogP contribution in [0, 0.1) is 12.1 Å². The van der Waals surface area contributed by atoms with Crippen molar-refractivity contribution in [3.63, 3.8) is 0 Å². The van der Waals surface area contributed by atoms with Gasteiger partial charge in [-0.15, -0.1) is 0 Å². The number of carboxylic acids is 1. The molecule has 0 aliphatic heterocycles. The highest BCUT2D eigenvalue weighted by Crippen LogP contribution is 2.38. The van der Waals surface area contributed by atoms with Gasteiger partial charge >= 0.3 is 18.3 Å². The number of benzene rings is 1. The van der Waals surface area contributed by atoms with E-state index in [1.807, 2.05) is 0 Å². The predicted molar refractivity (Wildman–Crippen MR) is 126 cm³/mol. The van der Waals surface area contributed by atoms with Crippen LogP contribution in [0.1, 0.15) is 40.7 Å². The fourth-order valence-electron chi connectivity index (χ4n) is 3.82. The zero-order valence-electron chi connectivity index (χ0n) is 19.8. The van der Waals surface area contributed by atoms with E-state index in [1.165, 1.54) is 6.08 Å². The summed E-state index contributed by atoms with van der Waals surface area (Å²) in [6.45, 7) is 0.0682. The molecule has 2 aromatic carbocycles. The van der Waals surface area contributed by atoms with Gasteiger partial charge in [-0.3, -0.25) is 4.79 Å². The molecule has 1 N–H and O–H groups in total. The third-order valence-electron chi connectivity index (χ3n) is 5.69. The molecule has 1 saturated carbocycles. The molecule has 0 heterocycles. The summed E-state index contributed by atoms with van der Waals surface area (Å²) < 4.78 is 84.7. The first-order valence-electron chi connectivity index (χ1n) is 11.3. The second kappa shape index (κ2) is 10.6. The predicted octanol–water partition coefficient (Wildman–Crippen LogP) is 6.89. The Kier molecular flexibility index (Phi) is 7.42. The number of rotatable bonds is 6. The third-order valence-corrected chi connectivity index (χ3v) is 5.69. The number of ketones is 1. The highest BCUT2D eigenvalue weighted by molar-refractivity contribution is 6.14. The molecule has 0 saturated heterocycles. The molecular formula is C29H16F6O4. The molecule has 0 radical (unpaired) electrons. The van der Waals surface area contributed by atoms with Crippen LogP contribution < -0.4 is 0 Å². The number of carbonyl (C=O) groups is 2. The largest absolute Gasteiger partial charge is 0.480 e. The van der Waals surface area contributed by atoms with Crippen LogP contribution in [0.15, 0.2) is 76.4 Å². The zero-order valence-corrected chi connectivity index (χ0v) is 19.8. The van der Waals surface area contributed by atoms with Gasteiger partial charge in [-0.05, 0) is 78.3 Å². The fourth-order valence-corrected chi connectivity index (χ4v) is 3.82. The van der Waals surface area contributed by atoms with E-state index in [0.29, 0.717) is 28.8 Å². The van der Waals surface area contributed by atoms with Gasteiger partial charge in [0.25, 0.3) is 0 Å². The first-order chi connectivity index (χ1) is 18.3. The fraction of sp³-hybridized carbons (Fsp3) is 0.172. The van der Waals surface area contributed by atoms with Crippen LogP contribution in [0.2, 0.25) is 0 Å². The lowest BCUT2D eigenvalue weighted by Gasteiger charge is -2.20. The number of allylic oxidation sites excluding steroid dienone is 4. The molecule has 2 aliphatic carbocycles. The van der Waals surface area contributed by atoms with Crippen molar-refractivity contribution in [3.05, 3.63) is 116 Å². The number of carboxylic acid groups (broad SMARTS) is 1. The van der Waals surface area contributed by atoms with Gasteiger partial charge in [-0.25, -0.2) is 4.79 Å². The van der Waals surface area contributed by atoms with Crippen LogP contribution in [0.3, 0.4) is 0 Å². The van der Waals surface area contributed by atoms with Gasteiger partial charge in [0.05, 0.1) is 16.7 Å². The van der Waals surface area contributed by atoms with E-state index in [9.17, 15) is 35.9 Å². The summed E-state index contributed by atoms with van der Waals surface area (Å²) in [4.78, 5) is 23.5. The van der Waals surface area contributed by atoms with Crippen molar-refractivity contribution in [2.45, 2.75) is 31.8 Å². The number of carbonyl (C=O) groups excluding carboxylic acids is 1. The first-order valence-corrected chi connectivity index (χ1v) is 11.3. The van der Waals surface area contributed by atoms with E-state index in [4.69, 9.17) is 9.84 Å². The number of ether oxygens (including phenoxy) is 1. The molecule has 0 atom stereocenters. The van der Waals surface area contributed by atoms with E-state index < -0.39 is 35.2 Å². The molecule has 0 spiro atoms. The monoisotopic (exact) mass is 542 g/mol. The minimum Gasteiger partial charge on any atom is -0.480 e. The maximum absolute atomic E-state index is 13.2. The van der Waals surface area contributed by atoms with E-state index in [0.717, 1.165) is 12.2 Å². The second-order valence-corrected chi connectivity index (χ2v) is 8.52. The molecule has 0 amide bonds. The molecule has 4 rings (SSSR count). The Labute approximate surface area is 218 Å². The molecule has 0 aromatic heterocycles. The van der Waals surface area contributed by atoms with Gasteiger partial charge in [0.1, 0.15) is 6.61 Å². The van der Waals surface area contributed by atoms with E-state index >= 15 is 0 Å². The summed E-state index contributed by atoms with van der Waals surface area (Å²) >= 11 is 0. The molecule has 10 heteroatoms. The number of fused-ring (bicyclic) bond motifs is 1. The lowest BCUT2D eigenvalue weighted by atomic mass is 9.83. The SMILES string of the molecule is O=C(O)/C=C/c1c#cc(COC2=C=C=C3C(=O)/C(=C/c4cc(C(F)(F)F)cc(C(F)(F)F)c4)CCC3=C2)cc1. The zero-order chi connectivity index (χ0) is 28.4. The van der Waals surface area contributed by atoms with E-state index in [1.54, 1.807) is 18.2 Å². The minimum absolute atomic E-state index is 0.0327. The van der Waals surface area contributed by atoms with Crippen molar-refractivity contribution in [3.8, 4) is 0 Å². The normalized spacial score (nSPS) is 16.4. The molecule has 2 aliphatic rings. The molecule has 39 heavy (non-hydrogen) atoms. The average Bonchev–Trinajstić information content (AvgIpc) is 2.87. The van der Waals surface area contributed by atoms with Crippen molar-refractivity contribution in [1.29, 1.82) is 0 Å². The summed E-state index contributed by atoms with van der Waals surface area (Å²) in [5.74, 6) is -1.40. The Morgan fingerprint density at radius 1 is 0.974 bits per heavy atom. The van der Waals surface area contributed by atoms with Crippen LogP contribution in [0.5, 0.6) is 0 Å².